The molecule has 1 aromatic carbocycles. The zero-order valence-electron chi connectivity index (χ0n) is 20.3. The van der Waals surface area contributed by atoms with Crippen molar-refractivity contribution in [3.8, 4) is 0 Å². The Hall–Kier alpha value is -3.97. The number of benzene rings is 1. The van der Waals surface area contributed by atoms with E-state index in [1.165, 1.54) is 11.8 Å². The summed E-state index contributed by atoms with van der Waals surface area (Å²) in [5.41, 5.74) is 13.1. The van der Waals surface area contributed by atoms with E-state index in [4.69, 9.17) is 11.5 Å². The summed E-state index contributed by atoms with van der Waals surface area (Å²) in [6.07, 6.45) is 0.704. The highest BCUT2D eigenvalue weighted by Crippen LogP contribution is 2.21. The van der Waals surface area contributed by atoms with E-state index in [9.17, 15) is 34.2 Å². The molecular formula is C24H32N6O7. The van der Waals surface area contributed by atoms with Gasteiger partial charge in [0.2, 0.25) is 23.6 Å². The van der Waals surface area contributed by atoms with Crippen molar-refractivity contribution in [3.05, 3.63) is 36.0 Å². The van der Waals surface area contributed by atoms with Crippen LogP contribution >= 0.6 is 0 Å². The second-order valence-corrected chi connectivity index (χ2v) is 9.16. The number of aliphatic carboxylic acids is 1. The molecule has 2 aromatic rings. The molecule has 5 atom stereocenters. The predicted molar refractivity (Wildman–Crippen MR) is 132 cm³/mol. The minimum absolute atomic E-state index is 0.149. The third kappa shape index (κ3) is 6.62. The number of carbonyl (C=O) groups is 5. The number of fused-ring (bicyclic) bond motifs is 1. The van der Waals surface area contributed by atoms with Crippen LogP contribution in [0.15, 0.2) is 30.5 Å². The van der Waals surface area contributed by atoms with Crippen molar-refractivity contribution in [2.45, 2.75) is 62.9 Å². The summed E-state index contributed by atoms with van der Waals surface area (Å²) in [7, 11) is 0. The van der Waals surface area contributed by atoms with Gasteiger partial charge in [-0.05, 0) is 37.8 Å². The van der Waals surface area contributed by atoms with Crippen molar-refractivity contribution in [2.24, 2.45) is 11.5 Å². The van der Waals surface area contributed by atoms with Crippen molar-refractivity contribution in [1.82, 2.24) is 20.5 Å². The first-order chi connectivity index (χ1) is 17.5. The molecule has 1 saturated heterocycles. The molecule has 2 heterocycles. The number of likely N-dealkylation sites (tertiary alicyclic amines) is 1. The number of aromatic nitrogens is 1. The lowest BCUT2D eigenvalue weighted by atomic mass is 10.0. The van der Waals surface area contributed by atoms with Gasteiger partial charge in [-0.15, -0.1) is 0 Å². The second kappa shape index (κ2) is 11.8. The molecule has 0 spiro atoms. The lowest BCUT2D eigenvalue weighted by Crippen LogP contribution is -2.58. The quantitative estimate of drug-likeness (QED) is 0.183. The Morgan fingerprint density at radius 1 is 1.19 bits per heavy atom. The molecule has 13 nitrogen and oxygen atoms in total. The number of aliphatic hydroxyl groups is 1. The number of carbonyl (C=O) groups excluding carboxylic acids is 4. The molecule has 37 heavy (non-hydrogen) atoms. The number of nitrogens with one attached hydrogen (secondary N) is 3. The molecule has 0 aliphatic carbocycles. The molecule has 1 aliphatic heterocycles. The average Bonchev–Trinajstić information content (AvgIpc) is 3.48. The van der Waals surface area contributed by atoms with E-state index in [0.717, 1.165) is 16.5 Å². The number of nitrogens with zero attached hydrogens (tertiary/aromatic N) is 1. The average molecular weight is 517 g/mol. The Balaban J connectivity index is 1.71. The van der Waals surface area contributed by atoms with Gasteiger partial charge in [-0.1, -0.05) is 18.2 Å². The van der Waals surface area contributed by atoms with Crippen LogP contribution in [0.3, 0.4) is 0 Å². The molecule has 1 aliphatic rings. The minimum atomic E-state index is -1.56. The van der Waals surface area contributed by atoms with Crippen LogP contribution in [0.25, 0.3) is 10.9 Å². The van der Waals surface area contributed by atoms with Gasteiger partial charge in [-0.2, -0.15) is 0 Å². The van der Waals surface area contributed by atoms with Gasteiger partial charge in [-0.25, -0.2) is 4.79 Å². The monoisotopic (exact) mass is 516 g/mol. The number of primary amides is 1. The van der Waals surface area contributed by atoms with Crippen molar-refractivity contribution >= 4 is 40.5 Å². The maximum Gasteiger partial charge on any atom is 0.328 e. The van der Waals surface area contributed by atoms with E-state index in [1.54, 1.807) is 6.20 Å². The normalized spacial score (nSPS) is 18.6. The highest BCUT2D eigenvalue weighted by molar-refractivity contribution is 5.96. The van der Waals surface area contributed by atoms with Crippen LogP contribution < -0.4 is 22.1 Å². The number of aliphatic hydroxyl groups excluding tert-OH is 1. The maximum atomic E-state index is 13.3. The van der Waals surface area contributed by atoms with E-state index < -0.39 is 66.3 Å². The fourth-order valence-electron chi connectivity index (χ4n) is 4.45. The summed E-state index contributed by atoms with van der Waals surface area (Å²) in [6, 6.07) is 2.49. The summed E-state index contributed by atoms with van der Waals surface area (Å²) in [5, 5.41) is 24.5. The van der Waals surface area contributed by atoms with Crippen LogP contribution in [-0.4, -0.2) is 86.5 Å². The number of hydrogen-bond acceptors (Lipinski definition) is 7. The third-order valence-corrected chi connectivity index (χ3v) is 6.36. The number of nitrogens with two attached hydrogens (primary N) is 2. The smallest absolute Gasteiger partial charge is 0.328 e. The van der Waals surface area contributed by atoms with E-state index in [2.05, 4.69) is 15.6 Å². The van der Waals surface area contributed by atoms with Gasteiger partial charge >= 0.3 is 5.97 Å². The van der Waals surface area contributed by atoms with Crippen LogP contribution in [-0.2, 0) is 30.4 Å². The number of carboxylic acid groups (broad SMARTS) is 1. The fourth-order valence-corrected chi connectivity index (χ4v) is 4.45. The number of rotatable bonds is 11. The van der Waals surface area contributed by atoms with Crippen LogP contribution in [0.2, 0.25) is 0 Å². The third-order valence-electron chi connectivity index (χ3n) is 6.36. The Kier molecular flexibility index (Phi) is 8.84. The van der Waals surface area contributed by atoms with Crippen molar-refractivity contribution in [3.63, 3.8) is 0 Å². The van der Waals surface area contributed by atoms with Gasteiger partial charge in [0, 0.05) is 23.6 Å². The lowest BCUT2D eigenvalue weighted by Gasteiger charge is -2.30. The number of amides is 4. The SMILES string of the molecule is CC(O)C(NC(=O)C1CCCN1C(=O)C(CC(N)=O)NC(=O)C(N)Cc1c[nH]c2ccccc12)C(=O)O. The van der Waals surface area contributed by atoms with E-state index >= 15 is 0 Å². The van der Waals surface area contributed by atoms with Crippen molar-refractivity contribution in [2.75, 3.05) is 6.54 Å². The Labute approximate surface area is 212 Å². The van der Waals surface area contributed by atoms with Crippen molar-refractivity contribution in [1.29, 1.82) is 0 Å². The molecule has 0 saturated carbocycles. The minimum Gasteiger partial charge on any atom is -0.480 e. The van der Waals surface area contributed by atoms with Crippen LogP contribution in [0.5, 0.6) is 0 Å². The molecule has 0 radical (unpaired) electrons. The van der Waals surface area contributed by atoms with Gasteiger partial charge in [0.1, 0.15) is 12.1 Å². The first-order valence-corrected chi connectivity index (χ1v) is 11.9. The summed E-state index contributed by atoms with van der Waals surface area (Å²) in [6.45, 7) is 1.37. The van der Waals surface area contributed by atoms with Gasteiger partial charge < -0.3 is 42.2 Å². The van der Waals surface area contributed by atoms with Crippen LogP contribution in [0.4, 0.5) is 0 Å². The Morgan fingerprint density at radius 3 is 2.54 bits per heavy atom. The molecule has 1 fully saturated rings. The molecule has 4 amide bonds. The van der Waals surface area contributed by atoms with Gasteiger partial charge in [0.15, 0.2) is 6.04 Å². The molecule has 9 N–H and O–H groups in total. The van der Waals surface area contributed by atoms with E-state index in [-0.39, 0.29) is 19.4 Å². The summed E-state index contributed by atoms with van der Waals surface area (Å²) in [4.78, 5) is 66.3. The first kappa shape index (κ1) is 27.6. The number of H-pyrrole nitrogens is 1. The highest BCUT2D eigenvalue weighted by atomic mass is 16.4. The Morgan fingerprint density at radius 2 is 1.89 bits per heavy atom. The lowest BCUT2D eigenvalue weighted by molar-refractivity contribution is -0.147. The van der Waals surface area contributed by atoms with Gasteiger partial charge in [0.05, 0.1) is 18.6 Å². The fraction of sp³-hybridized carbons (Fsp3) is 0.458. The Bertz CT molecular complexity index is 1180. The van der Waals surface area contributed by atoms with E-state index in [0.29, 0.717) is 6.42 Å². The van der Waals surface area contributed by atoms with Crippen LogP contribution in [0, 0.1) is 0 Å². The largest absolute Gasteiger partial charge is 0.480 e. The molecule has 0 bridgehead atoms. The summed E-state index contributed by atoms with van der Waals surface area (Å²) >= 11 is 0. The summed E-state index contributed by atoms with van der Waals surface area (Å²) < 4.78 is 0. The van der Waals surface area contributed by atoms with Gasteiger partial charge in [-0.3, -0.25) is 19.2 Å². The topological polar surface area (TPSA) is 221 Å². The second-order valence-electron chi connectivity index (χ2n) is 9.16. The number of hydrogen-bond donors (Lipinski definition) is 7. The summed E-state index contributed by atoms with van der Waals surface area (Å²) in [5.74, 6) is -4.43. The first-order valence-electron chi connectivity index (χ1n) is 11.9. The predicted octanol–water partition coefficient (Wildman–Crippen LogP) is -1.66. The van der Waals surface area contributed by atoms with Crippen molar-refractivity contribution < 1.29 is 34.2 Å². The number of aromatic amines is 1. The van der Waals surface area contributed by atoms with E-state index in [1.807, 2.05) is 24.3 Å². The number of para-hydroxylation sites is 1. The number of carboxylic acids is 1. The molecule has 200 valence electrons. The maximum absolute atomic E-state index is 13.3. The zero-order valence-corrected chi connectivity index (χ0v) is 20.3. The molecular weight excluding hydrogens is 484 g/mol. The molecule has 3 rings (SSSR count). The molecule has 1 aromatic heterocycles. The standard InChI is InChI=1S/C24H32N6O7/c1-12(31)20(24(36)37)29-22(34)18-7-4-8-30(18)23(35)17(10-19(26)32)28-21(33)15(25)9-13-11-27-16-6-3-2-5-14(13)16/h2-3,5-6,11-12,15,17-18,20,27,31H,4,7-10,25H2,1H3,(H2,26,32)(H,28,33)(H,29,34)(H,36,37). The van der Waals surface area contributed by atoms with Crippen LogP contribution in [0.1, 0.15) is 31.7 Å². The highest BCUT2D eigenvalue weighted by Gasteiger charge is 2.40. The zero-order chi connectivity index (χ0) is 27.3. The van der Waals surface area contributed by atoms with Gasteiger partial charge in [0.25, 0.3) is 0 Å². The molecule has 13 heteroatoms. The molecule has 5 unspecified atom stereocenters.